The molecule has 0 saturated heterocycles. The first-order valence-corrected chi connectivity index (χ1v) is 4.58. The van der Waals surface area contributed by atoms with Crippen LogP contribution in [0.15, 0.2) is 16.6 Å². The second kappa shape index (κ2) is 2.59. The number of aryl methyl sites for hydroxylation is 2. The van der Waals surface area contributed by atoms with Crippen molar-refractivity contribution in [3.63, 3.8) is 0 Å². The van der Waals surface area contributed by atoms with Crippen LogP contribution < -0.4 is 0 Å². The van der Waals surface area contributed by atoms with Crippen LogP contribution in [0.2, 0.25) is 0 Å². The Labute approximate surface area is 79.1 Å². The van der Waals surface area contributed by atoms with Gasteiger partial charge in [-0.25, -0.2) is 0 Å². The lowest BCUT2D eigenvalue weighted by atomic mass is 10.1. The summed E-state index contributed by atoms with van der Waals surface area (Å²) >= 11 is 3.46. The van der Waals surface area contributed by atoms with Crippen molar-refractivity contribution in [1.82, 2.24) is 10.2 Å². The fraction of sp³-hybridized carbons (Fsp3) is 0.222. The van der Waals surface area contributed by atoms with E-state index in [4.69, 9.17) is 0 Å². The normalized spacial score (nSPS) is 10.9. The van der Waals surface area contributed by atoms with Crippen LogP contribution in [-0.4, -0.2) is 10.2 Å². The molecule has 0 atom stereocenters. The fourth-order valence-corrected chi connectivity index (χ4v) is 1.95. The Morgan fingerprint density at radius 2 is 2.08 bits per heavy atom. The minimum atomic E-state index is 1.05. The maximum Gasteiger partial charge on any atom is 0.0683 e. The summed E-state index contributed by atoms with van der Waals surface area (Å²) in [5.41, 5.74) is 3.41. The van der Waals surface area contributed by atoms with E-state index in [0.29, 0.717) is 0 Å². The molecule has 0 aliphatic carbocycles. The molecule has 0 aliphatic heterocycles. The number of rotatable bonds is 0. The number of hydrogen-bond donors (Lipinski definition) is 1. The molecule has 12 heavy (non-hydrogen) atoms. The van der Waals surface area contributed by atoms with Gasteiger partial charge < -0.3 is 0 Å². The molecule has 2 rings (SSSR count). The molecule has 1 aromatic carbocycles. The van der Waals surface area contributed by atoms with Crippen molar-refractivity contribution >= 4 is 26.8 Å². The molecular weight excluding hydrogens is 216 g/mol. The predicted octanol–water partition coefficient (Wildman–Crippen LogP) is 2.94. The number of aromatic nitrogens is 2. The van der Waals surface area contributed by atoms with E-state index in [-0.39, 0.29) is 0 Å². The maximum atomic E-state index is 4.15. The summed E-state index contributed by atoms with van der Waals surface area (Å²) in [4.78, 5) is 0. The molecule has 62 valence electrons. The second-order valence-corrected chi connectivity index (χ2v) is 3.87. The zero-order valence-electron chi connectivity index (χ0n) is 6.98. The highest BCUT2D eigenvalue weighted by molar-refractivity contribution is 9.10. The van der Waals surface area contributed by atoms with Gasteiger partial charge in [-0.15, -0.1) is 0 Å². The van der Waals surface area contributed by atoms with Crippen molar-refractivity contribution in [2.24, 2.45) is 0 Å². The van der Waals surface area contributed by atoms with Crippen LogP contribution in [0.1, 0.15) is 11.3 Å². The Balaban J connectivity index is 2.92. The summed E-state index contributed by atoms with van der Waals surface area (Å²) in [6, 6.07) is 4.17. The molecule has 3 heteroatoms. The van der Waals surface area contributed by atoms with Gasteiger partial charge in [0.25, 0.3) is 0 Å². The van der Waals surface area contributed by atoms with Crippen molar-refractivity contribution in [3.05, 3.63) is 27.9 Å². The van der Waals surface area contributed by atoms with Crippen LogP contribution in [0, 0.1) is 13.8 Å². The molecular formula is C9H9BrN2. The average Bonchev–Trinajstić information content (AvgIpc) is 2.33. The number of nitrogens with one attached hydrogen (secondary N) is 1. The average molecular weight is 225 g/mol. The van der Waals surface area contributed by atoms with Crippen LogP contribution in [0.25, 0.3) is 10.9 Å². The lowest BCUT2D eigenvalue weighted by Gasteiger charge is -1.96. The van der Waals surface area contributed by atoms with Crippen molar-refractivity contribution in [2.45, 2.75) is 13.8 Å². The number of benzene rings is 1. The molecule has 1 N–H and O–H groups in total. The maximum absolute atomic E-state index is 4.15. The van der Waals surface area contributed by atoms with Gasteiger partial charge in [0.05, 0.1) is 11.2 Å². The summed E-state index contributed by atoms with van der Waals surface area (Å²) in [5.74, 6) is 0. The highest BCUT2D eigenvalue weighted by atomic mass is 79.9. The SMILES string of the molecule is Cc1n[nH]c2c(C)cc(Br)cc12. The number of fused-ring (bicyclic) bond motifs is 1. The van der Waals surface area contributed by atoms with Crippen LogP contribution >= 0.6 is 15.9 Å². The van der Waals surface area contributed by atoms with E-state index in [9.17, 15) is 0 Å². The minimum absolute atomic E-state index is 1.05. The predicted molar refractivity (Wildman–Crippen MR) is 53.3 cm³/mol. The smallest absolute Gasteiger partial charge is 0.0683 e. The lowest BCUT2D eigenvalue weighted by Crippen LogP contribution is -1.76. The van der Waals surface area contributed by atoms with Gasteiger partial charge in [0.1, 0.15) is 0 Å². The molecule has 0 saturated carbocycles. The molecule has 0 spiro atoms. The molecule has 0 unspecified atom stereocenters. The molecule has 2 aromatic rings. The van der Waals surface area contributed by atoms with Gasteiger partial charge in [-0.2, -0.15) is 5.10 Å². The highest BCUT2D eigenvalue weighted by Crippen LogP contribution is 2.23. The van der Waals surface area contributed by atoms with Crippen LogP contribution in [0.4, 0.5) is 0 Å². The van der Waals surface area contributed by atoms with Crippen molar-refractivity contribution < 1.29 is 0 Å². The van der Waals surface area contributed by atoms with Gasteiger partial charge in [0, 0.05) is 9.86 Å². The third-order valence-electron chi connectivity index (χ3n) is 2.03. The van der Waals surface area contributed by atoms with Gasteiger partial charge in [-0.05, 0) is 31.5 Å². The lowest BCUT2D eigenvalue weighted by molar-refractivity contribution is 1.06. The molecule has 2 nitrogen and oxygen atoms in total. The first-order valence-electron chi connectivity index (χ1n) is 3.79. The monoisotopic (exact) mass is 224 g/mol. The van der Waals surface area contributed by atoms with E-state index in [1.807, 2.05) is 6.92 Å². The standard InChI is InChI=1S/C9H9BrN2/c1-5-3-7(10)4-8-6(2)11-12-9(5)8/h3-4H,1-2H3,(H,11,12). The topological polar surface area (TPSA) is 28.7 Å². The second-order valence-electron chi connectivity index (χ2n) is 2.95. The van der Waals surface area contributed by atoms with E-state index in [2.05, 4.69) is 45.2 Å². The minimum Gasteiger partial charge on any atom is -0.277 e. The quantitative estimate of drug-likeness (QED) is 0.733. The van der Waals surface area contributed by atoms with Crippen molar-refractivity contribution in [3.8, 4) is 0 Å². The summed E-state index contributed by atoms with van der Waals surface area (Å²) in [6.07, 6.45) is 0. The van der Waals surface area contributed by atoms with E-state index < -0.39 is 0 Å². The third kappa shape index (κ3) is 1.05. The van der Waals surface area contributed by atoms with Gasteiger partial charge >= 0.3 is 0 Å². The van der Waals surface area contributed by atoms with E-state index in [1.165, 1.54) is 10.9 Å². The largest absolute Gasteiger partial charge is 0.277 e. The van der Waals surface area contributed by atoms with Crippen LogP contribution in [-0.2, 0) is 0 Å². The molecule has 0 amide bonds. The fourth-order valence-electron chi connectivity index (χ4n) is 1.38. The van der Waals surface area contributed by atoms with E-state index in [1.54, 1.807) is 0 Å². The highest BCUT2D eigenvalue weighted by Gasteiger charge is 2.04. The number of H-pyrrole nitrogens is 1. The first kappa shape index (κ1) is 7.80. The summed E-state index contributed by atoms with van der Waals surface area (Å²) in [7, 11) is 0. The Bertz CT molecular complexity index is 431. The van der Waals surface area contributed by atoms with Gasteiger partial charge in [0.2, 0.25) is 0 Å². The van der Waals surface area contributed by atoms with Crippen molar-refractivity contribution in [2.75, 3.05) is 0 Å². The van der Waals surface area contributed by atoms with Gasteiger partial charge in [-0.3, -0.25) is 5.10 Å². The number of halogens is 1. The zero-order valence-corrected chi connectivity index (χ0v) is 8.57. The summed E-state index contributed by atoms with van der Waals surface area (Å²) in [6.45, 7) is 4.08. The summed E-state index contributed by atoms with van der Waals surface area (Å²) < 4.78 is 1.11. The van der Waals surface area contributed by atoms with Gasteiger partial charge in [-0.1, -0.05) is 15.9 Å². The number of aromatic amines is 1. The van der Waals surface area contributed by atoms with Crippen LogP contribution in [0.5, 0.6) is 0 Å². The Kier molecular flexibility index (Phi) is 1.68. The van der Waals surface area contributed by atoms with E-state index in [0.717, 1.165) is 15.7 Å². The molecule has 1 heterocycles. The molecule has 1 aromatic heterocycles. The third-order valence-corrected chi connectivity index (χ3v) is 2.48. The number of nitrogens with zero attached hydrogens (tertiary/aromatic N) is 1. The Morgan fingerprint density at radius 1 is 1.33 bits per heavy atom. The zero-order chi connectivity index (χ0) is 8.72. The molecule has 0 radical (unpaired) electrons. The molecule has 0 aliphatic rings. The Hall–Kier alpha value is -0.830. The summed E-state index contributed by atoms with van der Waals surface area (Å²) in [5, 5.41) is 8.36. The first-order chi connectivity index (χ1) is 5.68. The van der Waals surface area contributed by atoms with Crippen molar-refractivity contribution in [1.29, 1.82) is 0 Å². The molecule has 0 bridgehead atoms. The van der Waals surface area contributed by atoms with Crippen LogP contribution in [0.3, 0.4) is 0 Å². The molecule has 0 fully saturated rings. The Morgan fingerprint density at radius 3 is 2.83 bits per heavy atom. The number of hydrogen-bond acceptors (Lipinski definition) is 1. The van der Waals surface area contributed by atoms with Gasteiger partial charge in [0.15, 0.2) is 0 Å². The van der Waals surface area contributed by atoms with E-state index >= 15 is 0 Å².